The van der Waals surface area contributed by atoms with Crippen molar-refractivity contribution in [3.05, 3.63) is 70.9 Å². The molecule has 0 amide bonds. The number of rotatable bonds is 4. The summed E-state index contributed by atoms with van der Waals surface area (Å²) in [6, 6.07) is 10.7. The van der Waals surface area contributed by atoms with E-state index in [1.807, 2.05) is 18.2 Å². The normalized spacial score (nSPS) is 11.1. The van der Waals surface area contributed by atoms with E-state index in [-0.39, 0.29) is 18.2 Å². The highest BCUT2D eigenvalue weighted by atomic mass is 35.5. The van der Waals surface area contributed by atoms with Crippen LogP contribution in [0.3, 0.4) is 0 Å². The average molecular weight is 387 g/mol. The van der Waals surface area contributed by atoms with E-state index >= 15 is 0 Å². The largest absolute Gasteiger partial charge is 0.458 e. The Balaban J connectivity index is 1.65. The Morgan fingerprint density at radius 2 is 1.96 bits per heavy atom. The number of hydrogen-bond donors (Lipinski definition) is 0. The number of nitrogens with zero attached hydrogens (tertiary/aromatic N) is 4. The van der Waals surface area contributed by atoms with Gasteiger partial charge >= 0.3 is 6.01 Å². The summed E-state index contributed by atoms with van der Waals surface area (Å²) < 4.78 is 33.7. The van der Waals surface area contributed by atoms with Crippen molar-refractivity contribution in [1.82, 2.24) is 19.7 Å². The highest BCUT2D eigenvalue weighted by Crippen LogP contribution is 2.32. The van der Waals surface area contributed by atoms with Gasteiger partial charge in [-0.25, -0.2) is 18.4 Å². The number of aryl methyl sites for hydroxylation is 1. The van der Waals surface area contributed by atoms with E-state index in [1.165, 1.54) is 12.1 Å². The maximum atomic E-state index is 13.7. The Hall–Kier alpha value is -3.06. The molecule has 0 saturated heterocycles. The molecule has 2 aromatic carbocycles. The molecule has 0 radical (unpaired) electrons. The number of fused-ring (bicyclic) bond motifs is 1. The molecule has 136 valence electrons. The molecule has 4 aromatic rings. The zero-order valence-electron chi connectivity index (χ0n) is 14.2. The first kappa shape index (κ1) is 17.4. The van der Waals surface area contributed by atoms with Gasteiger partial charge in [-0.05, 0) is 18.2 Å². The lowest BCUT2D eigenvalue weighted by Gasteiger charge is -2.06. The summed E-state index contributed by atoms with van der Waals surface area (Å²) >= 11 is 6.27. The van der Waals surface area contributed by atoms with E-state index in [2.05, 4.69) is 15.1 Å². The van der Waals surface area contributed by atoms with Crippen LogP contribution in [0, 0.1) is 11.6 Å². The molecule has 0 aliphatic carbocycles. The number of aromatic nitrogens is 4. The predicted octanol–water partition coefficient (Wildman–Crippen LogP) is 4.54. The maximum Gasteiger partial charge on any atom is 0.318 e. The second kappa shape index (κ2) is 6.92. The molecular weight excluding hydrogens is 374 g/mol. The van der Waals surface area contributed by atoms with Crippen LogP contribution in [0.2, 0.25) is 5.02 Å². The first-order chi connectivity index (χ1) is 13.0. The molecule has 27 heavy (non-hydrogen) atoms. The lowest BCUT2D eigenvalue weighted by atomic mass is 10.1. The number of halogens is 3. The quantitative estimate of drug-likeness (QED) is 0.516. The van der Waals surface area contributed by atoms with Crippen molar-refractivity contribution >= 4 is 22.6 Å². The monoisotopic (exact) mass is 386 g/mol. The molecule has 0 fully saturated rings. The van der Waals surface area contributed by atoms with Crippen LogP contribution in [0.5, 0.6) is 6.01 Å². The molecule has 0 spiro atoms. The third-order valence-corrected chi connectivity index (χ3v) is 4.39. The highest BCUT2D eigenvalue weighted by Gasteiger charge is 2.16. The Morgan fingerprint density at radius 1 is 1.15 bits per heavy atom. The Morgan fingerprint density at radius 3 is 2.74 bits per heavy atom. The smallest absolute Gasteiger partial charge is 0.318 e. The van der Waals surface area contributed by atoms with Gasteiger partial charge in [-0.1, -0.05) is 29.8 Å². The number of benzene rings is 2. The minimum atomic E-state index is -0.683. The van der Waals surface area contributed by atoms with Gasteiger partial charge < -0.3 is 4.74 Å². The topological polar surface area (TPSA) is 52.8 Å². The summed E-state index contributed by atoms with van der Waals surface area (Å²) in [5.41, 5.74) is 2.20. The number of hydrogen-bond acceptors (Lipinski definition) is 4. The fraction of sp³-hybridized carbons (Fsp3) is 0.105. The van der Waals surface area contributed by atoms with Gasteiger partial charge in [0, 0.05) is 30.4 Å². The molecule has 4 rings (SSSR count). The van der Waals surface area contributed by atoms with Crippen LogP contribution in [-0.2, 0) is 13.7 Å². The van der Waals surface area contributed by atoms with Crippen molar-refractivity contribution in [2.45, 2.75) is 6.61 Å². The van der Waals surface area contributed by atoms with E-state index in [4.69, 9.17) is 16.3 Å². The van der Waals surface area contributed by atoms with Crippen molar-refractivity contribution in [2.75, 3.05) is 0 Å². The summed E-state index contributed by atoms with van der Waals surface area (Å²) in [6.45, 7) is -0.118. The maximum absolute atomic E-state index is 13.7. The van der Waals surface area contributed by atoms with Crippen LogP contribution in [0.1, 0.15) is 5.56 Å². The van der Waals surface area contributed by atoms with Gasteiger partial charge in [0.2, 0.25) is 0 Å². The van der Waals surface area contributed by atoms with Gasteiger partial charge in [-0.3, -0.25) is 0 Å². The van der Waals surface area contributed by atoms with Crippen molar-refractivity contribution in [1.29, 1.82) is 0 Å². The van der Waals surface area contributed by atoms with E-state index in [0.29, 0.717) is 21.7 Å². The lowest BCUT2D eigenvalue weighted by molar-refractivity contribution is 0.276. The van der Waals surface area contributed by atoms with Crippen molar-refractivity contribution in [3.63, 3.8) is 0 Å². The Labute approximate surface area is 158 Å². The molecule has 0 atom stereocenters. The second-order valence-electron chi connectivity index (χ2n) is 5.87. The molecule has 0 N–H and O–H groups in total. The fourth-order valence-electron chi connectivity index (χ4n) is 2.72. The van der Waals surface area contributed by atoms with Crippen LogP contribution in [0.25, 0.3) is 22.3 Å². The number of ether oxygens (including phenoxy) is 1. The molecule has 0 aliphatic heterocycles. The third kappa shape index (κ3) is 3.33. The third-order valence-electron chi connectivity index (χ3n) is 4.06. The predicted molar refractivity (Wildman–Crippen MR) is 97.4 cm³/mol. The first-order valence-corrected chi connectivity index (χ1v) is 8.42. The molecule has 0 aliphatic rings. The summed E-state index contributed by atoms with van der Waals surface area (Å²) in [5.74, 6) is -1.33. The summed E-state index contributed by atoms with van der Waals surface area (Å²) in [4.78, 5) is 8.51. The molecular formula is C19H13ClF2N4O. The zero-order chi connectivity index (χ0) is 19.0. The Bertz CT molecular complexity index is 1150. The second-order valence-corrected chi connectivity index (χ2v) is 6.27. The Kier molecular flexibility index (Phi) is 4.45. The van der Waals surface area contributed by atoms with Crippen LogP contribution < -0.4 is 4.74 Å². The summed E-state index contributed by atoms with van der Waals surface area (Å²) in [6.07, 6.45) is 1.59. The van der Waals surface area contributed by atoms with E-state index in [1.54, 1.807) is 24.0 Å². The van der Waals surface area contributed by atoms with E-state index in [9.17, 15) is 8.78 Å². The minimum absolute atomic E-state index is 0.0694. The minimum Gasteiger partial charge on any atom is -0.458 e. The van der Waals surface area contributed by atoms with E-state index in [0.717, 1.165) is 11.6 Å². The van der Waals surface area contributed by atoms with Gasteiger partial charge in [-0.2, -0.15) is 10.1 Å². The van der Waals surface area contributed by atoms with Crippen LogP contribution >= 0.6 is 11.6 Å². The molecule has 0 unspecified atom stereocenters. The molecule has 0 saturated carbocycles. The van der Waals surface area contributed by atoms with Gasteiger partial charge in [0.25, 0.3) is 0 Å². The molecule has 2 heterocycles. The molecule has 2 aromatic heterocycles. The summed E-state index contributed by atoms with van der Waals surface area (Å²) in [5, 5.41) is 5.76. The first-order valence-electron chi connectivity index (χ1n) is 8.04. The van der Waals surface area contributed by atoms with Gasteiger partial charge in [0.1, 0.15) is 23.9 Å². The molecule has 0 bridgehead atoms. The summed E-state index contributed by atoms with van der Waals surface area (Å²) in [7, 11) is 1.75. The van der Waals surface area contributed by atoms with Gasteiger partial charge in [0.05, 0.1) is 10.4 Å². The van der Waals surface area contributed by atoms with Gasteiger partial charge in [-0.15, -0.1) is 0 Å². The highest BCUT2D eigenvalue weighted by molar-refractivity contribution is 6.33. The standard InChI is InChI=1S/C19H13ClF2N4O/c1-26-18-14(17(25-26)13-4-2-3-5-15(13)20)9-23-19(24-18)27-10-11-6-7-12(21)8-16(11)22/h2-9H,10H2,1H3. The van der Waals surface area contributed by atoms with Crippen molar-refractivity contribution < 1.29 is 13.5 Å². The molecule has 8 heteroatoms. The van der Waals surface area contributed by atoms with Crippen molar-refractivity contribution in [3.8, 4) is 17.3 Å². The zero-order valence-corrected chi connectivity index (χ0v) is 14.9. The lowest BCUT2D eigenvalue weighted by Crippen LogP contribution is -2.03. The van der Waals surface area contributed by atoms with Crippen LogP contribution in [0.15, 0.2) is 48.7 Å². The van der Waals surface area contributed by atoms with Gasteiger partial charge in [0.15, 0.2) is 5.65 Å². The van der Waals surface area contributed by atoms with Crippen molar-refractivity contribution in [2.24, 2.45) is 7.05 Å². The average Bonchev–Trinajstić information content (AvgIpc) is 2.97. The van der Waals surface area contributed by atoms with Crippen LogP contribution in [0.4, 0.5) is 8.78 Å². The molecule has 5 nitrogen and oxygen atoms in total. The van der Waals surface area contributed by atoms with E-state index < -0.39 is 11.6 Å². The fourth-order valence-corrected chi connectivity index (χ4v) is 2.95. The SMILES string of the molecule is Cn1nc(-c2ccccc2Cl)c2cnc(OCc3ccc(F)cc3F)nc21. The van der Waals surface area contributed by atoms with Crippen LogP contribution in [-0.4, -0.2) is 19.7 Å².